The van der Waals surface area contributed by atoms with Crippen molar-refractivity contribution in [1.82, 2.24) is 9.97 Å². The average Bonchev–Trinajstić information content (AvgIpc) is 2.47. The zero-order valence-electron chi connectivity index (χ0n) is 12.8. The lowest BCUT2D eigenvalue weighted by atomic mass is 10.00. The monoisotopic (exact) mass is 274 g/mol. The van der Waals surface area contributed by atoms with Gasteiger partial charge in [0, 0.05) is 32.2 Å². The quantitative estimate of drug-likeness (QED) is 0.830. The van der Waals surface area contributed by atoms with Crippen molar-refractivity contribution in [3.63, 3.8) is 0 Å². The summed E-state index contributed by atoms with van der Waals surface area (Å²) in [6.07, 6.45) is 6.99. The Morgan fingerprint density at radius 1 is 0.900 bits per heavy atom. The molecule has 20 heavy (non-hydrogen) atoms. The number of rotatable bonds is 2. The minimum Gasteiger partial charge on any atom is -0.356 e. The first-order chi connectivity index (χ1) is 9.72. The molecule has 110 valence electrons. The summed E-state index contributed by atoms with van der Waals surface area (Å²) in [5, 5.41) is 0. The first kappa shape index (κ1) is 13.7. The Labute approximate surface area is 122 Å². The lowest BCUT2D eigenvalue weighted by Gasteiger charge is -2.34. The summed E-state index contributed by atoms with van der Waals surface area (Å²) in [6.45, 7) is 9.20. The van der Waals surface area contributed by atoms with Gasteiger partial charge in [-0.05, 0) is 37.5 Å². The van der Waals surface area contributed by atoms with E-state index in [9.17, 15) is 0 Å². The molecule has 0 amide bonds. The molecule has 3 rings (SSSR count). The normalized spacial score (nSPS) is 27.7. The summed E-state index contributed by atoms with van der Waals surface area (Å²) in [5.74, 6) is 3.77. The smallest absolute Gasteiger partial charge is 0.134 e. The Bertz CT molecular complexity index is 411. The van der Waals surface area contributed by atoms with Crippen LogP contribution in [0.4, 0.5) is 11.6 Å². The molecule has 1 aromatic rings. The van der Waals surface area contributed by atoms with E-state index in [0.717, 1.165) is 49.7 Å². The summed E-state index contributed by atoms with van der Waals surface area (Å²) in [7, 11) is 0. The van der Waals surface area contributed by atoms with E-state index in [2.05, 4.69) is 39.7 Å². The predicted molar refractivity (Wildman–Crippen MR) is 83.3 cm³/mol. The maximum Gasteiger partial charge on any atom is 0.134 e. The molecule has 0 radical (unpaired) electrons. The number of aromatic nitrogens is 2. The summed E-state index contributed by atoms with van der Waals surface area (Å²) >= 11 is 0. The lowest BCUT2D eigenvalue weighted by Crippen LogP contribution is -2.36. The second-order valence-electron chi connectivity index (χ2n) is 6.62. The van der Waals surface area contributed by atoms with Crippen molar-refractivity contribution in [3.8, 4) is 0 Å². The molecule has 0 saturated carbocycles. The number of anilines is 2. The van der Waals surface area contributed by atoms with Crippen molar-refractivity contribution in [2.45, 2.75) is 39.5 Å². The fourth-order valence-corrected chi connectivity index (χ4v) is 3.48. The molecule has 4 nitrogen and oxygen atoms in total. The third-order valence-electron chi connectivity index (χ3n) is 4.60. The first-order valence-electron chi connectivity index (χ1n) is 8.04. The van der Waals surface area contributed by atoms with Crippen LogP contribution in [0.2, 0.25) is 0 Å². The van der Waals surface area contributed by atoms with E-state index in [1.54, 1.807) is 6.33 Å². The summed E-state index contributed by atoms with van der Waals surface area (Å²) in [6, 6.07) is 2.19. The Hall–Kier alpha value is -1.32. The molecule has 0 aliphatic carbocycles. The van der Waals surface area contributed by atoms with Gasteiger partial charge in [-0.3, -0.25) is 0 Å². The largest absolute Gasteiger partial charge is 0.356 e. The van der Waals surface area contributed by atoms with Crippen molar-refractivity contribution in [1.29, 1.82) is 0 Å². The summed E-state index contributed by atoms with van der Waals surface area (Å²) in [4.78, 5) is 13.8. The zero-order chi connectivity index (χ0) is 13.9. The molecule has 3 heterocycles. The van der Waals surface area contributed by atoms with Crippen LogP contribution < -0.4 is 9.80 Å². The van der Waals surface area contributed by atoms with Crippen molar-refractivity contribution in [2.75, 3.05) is 36.0 Å². The minimum absolute atomic E-state index is 0.775. The zero-order valence-corrected chi connectivity index (χ0v) is 12.8. The first-order valence-corrected chi connectivity index (χ1v) is 8.04. The number of piperidine rings is 2. The summed E-state index contributed by atoms with van der Waals surface area (Å²) in [5.41, 5.74) is 0. The van der Waals surface area contributed by atoms with Gasteiger partial charge in [0.2, 0.25) is 0 Å². The van der Waals surface area contributed by atoms with E-state index in [1.807, 2.05) is 0 Å². The van der Waals surface area contributed by atoms with E-state index in [1.165, 1.54) is 25.7 Å². The highest BCUT2D eigenvalue weighted by molar-refractivity contribution is 5.50. The van der Waals surface area contributed by atoms with Crippen LogP contribution in [0, 0.1) is 11.8 Å². The Balaban J connectivity index is 1.75. The van der Waals surface area contributed by atoms with Crippen LogP contribution in [0.15, 0.2) is 12.4 Å². The molecule has 2 aliphatic rings. The molecule has 2 unspecified atom stereocenters. The maximum atomic E-state index is 4.50. The van der Waals surface area contributed by atoms with Gasteiger partial charge in [-0.1, -0.05) is 13.8 Å². The van der Waals surface area contributed by atoms with Crippen molar-refractivity contribution in [2.24, 2.45) is 11.8 Å². The van der Waals surface area contributed by atoms with Crippen LogP contribution in [0.25, 0.3) is 0 Å². The number of hydrogen-bond donors (Lipinski definition) is 0. The topological polar surface area (TPSA) is 32.3 Å². The molecule has 0 spiro atoms. The molecular formula is C16H26N4. The van der Waals surface area contributed by atoms with Gasteiger partial charge < -0.3 is 9.80 Å². The van der Waals surface area contributed by atoms with Gasteiger partial charge in [0.05, 0.1) is 0 Å². The van der Waals surface area contributed by atoms with Crippen LogP contribution in [0.5, 0.6) is 0 Å². The van der Waals surface area contributed by atoms with E-state index >= 15 is 0 Å². The van der Waals surface area contributed by atoms with Gasteiger partial charge in [0.1, 0.15) is 18.0 Å². The predicted octanol–water partition coefficient (Wildman–Crippen LogP) is 2.95. The molecule has 0 N–H and O–H groups in total. The molecule has 2 saturated heterocycles. The van der Waals surface area contributed by atoms with Gasteiger partial charge in [0.15, 0.2) is 0 Å². The molecule has 2 aliphatic heterocycles. The highest BCUT2D eigenvalue weighted by Gasteiger charge is 2.21. The lowest BCUT2D eigenvalue weighted by molar-refractivity contribution is 0.441. The fraction of sp³-hybridized carbons (Fsp3) is 0.750. The average molecular weight is 274 g/mol. The maximum absolute atomic E-state index is 4.50. The van der Waals surface area contributed by atoms with Crippen molar-refractivity contribution >= 4 is 11.6 Å². The van der Waals surface area contributed by atoms with Crippen LogP contribution in [-0.4, -0.2) is 36.1 Å². The standard InChI is InChI=1S/C16H26N4/c1-13-5-3-7-19(10-13)15-9-16(18-12-17-15)20-8-4-6-14(2)11-20/h9,12-14H,3-8,10-11H2,1-2H3. The number of hydrogen-bond acceptors (Lipinski definition) is 4. The molecule has 1 aromatic heterocycles. The van der Waals surface area contributed by atoms with Crippen LogP contribution in [-0.2, 0) is 0 Å². The summed E-state index contributed by atoms with van der Waals surface area (Å²) < 4.78 is 0. The van der Waals surface area contributed by atoms with Gasteiger partial charge >= 0.3 is 0 Å². The van der Waals surface area contributed by atoms with Crippen LogP contribution in [0.1, 0.15) is 39.5 Å². The van der Waals surface area contributed by atoms with E-state index in [0.29, 0.717) is 0 Å². The SMILES string of the molecule is CC1CCCN(c2cc(N3CCCC(C)C3)ncn2)C1. The Morgan fingerprint density at radius 2 is 1.40 bits per heavy atom. The Kier molecular flexibility index (Phi) is 4.08. The molecule has 0 bridgehead atoms. The van der Waals surface area contributed by atoms with Crippen LogP contribution in [0.3, 0.4) is 0 Å². The molecule has 4 heteroatoms. The third-order valence-corrected chi connectivity index (χ3v) is 4.60. The van der Waals surface area contributed by atoms with Crippen molar-refractivity contribution < 1.29 is 0 Å². The molecular weight excluding hydrogens is 248 g/mol. The third kappa shape index (κ3) is 3.05. The molecule has 2 fully saturated rings. The fourth-order valence-electron chi connectivity index (χ4n) is 3.48. The highest BCUT2D eigenvalue weighted by Crippen LogP contribution is 2.26. The van der Waals surface area contributed by atoms with E-state index in [-0.39, 0.29) is 0 Å². The molecule has 0 aromatic carbocycles. The van der Waals surface area contributed by atoms with Gasteiger partial charge in [0.25, 0.3) is 0 Å². The highest BCUT2D eigenvalue weighted by atomic mass is 15.2. The number of nitrogens with zero attached hydrogens (tertiary/aromatic N) is 4. The van der Waals surface area contributed by atoms with E-state index < -0.39 is 0 Å². The minimum atomic E-state index is 0.775. The van der Waals surface area contributed by atoms with E-state index in [4.69, 9.17) is 0 Å². The van der Waals surface area contributed by atoms with Crippen LogP contribution >= 0.6 is 0 Å². The van der Waals surface area contributed by atoms with Gasteiger partial charge in [-0.15, -0.1) is 0 Å². The second kappa shape index (κ2) is 5.98. The second-order valence-corrected chi connectivity index (χ2v) is 6.62. The van der Waals surface area contributed by atoms with Gasteiger partial charge in [-0.25, -0.2) is 9.97 Å². The molecule has 2 atom stereocenters. The van der Waals surface area contributed by atoms with Crippen molar-refractivity contribution in [3.05, 3.63) is 12.4 Å². The van der Waals surface area contributed by atoms with Gasteiger partial charge in [-0.2, -0.15) is 0 Å². The Morgan fingerprint density at radius 3 is 1.85 bits per heavy atom.